The number of carbonyl (C=O) groups excluding carboxylic acids is 2. The monoisotopic (exact) mass is 354 g/mol. The Morgan fingerprint density at radius 3 is 2.80 bits per heavy atom. The second-order valence-electron chi connectivity index (χ2n) is 5.91. The first-order valence-corrected chi connectivity index (χ1v) is 8.73. The topological polar surface area (TPSA) is 86.7 Å². The SMILES string of the molecule is O=C1CSc2ccc(C(=O)N3C[C@H](C(=O)O)c4ccccc43)cc2N1. The standard InChI is InChI=1S/C18H14N2O4S/c21-16-9-25-15-6-5-10(7-13(15)19-16)17(22)20-8-12(18(23)24)11-3-1-2-4-14(11)20/h1-7,12H,8-9H2,(H,19,21)(H,23,24)/t12-/m0/s1. The molecule has 0 aromatic heterocycles. The van der Waals surface area contributed by atoms with Crippen molar-refractivity contribution >= 4 is 40.9 Å². The molecule has 7 heteroatoms. The van der Waals surface area contributed by atoms with E-state index in [1.807, 2.05) is 6.07 Å². The number of nitrogens with zero attached hydrogens (tertiary/aromatic N) is 1. The van der Waals surface area contributed by atoms with E-state index in [9.17, 15) is 19.5 Å². The number of carboxylic acid groups (broad SMARTS) is 1. The molecule has 0 spiro atoms. The molecule has 4 rings (SSSR count). The highest BCUT2D eigenvalue weighted by atomic mass is 32.2. The van der Waals surface area contributed by atoms with Gasteiger partial charge in [-0.3, -0.25) is 14.4 Å². The molecule has 0 aliphatic carbocycles. The molecule has 2 aliphatic rings. The molecule has 0 radical (unpaired) electrons. The Hall–Kier alpha value is -2.80. The number of para-hydroxylation sites is 1. The normalized spacial score (nSPS) is 18.3. The number of amides is 2. The van der Waals surface area contributed by atoms with Crippen LogP contribution in [0, 0.1) is 0 Å². The summed E-state index contributed by atoms with van der Waals surface area (Å²) < 4.78 is 0. The van der Waals surface area contributed by atoms with Gasteiger partial charge in [0.15, 0.2) is 0 Å². The summed E-state index contributed by atoms with van der Waals surface area (Å²) in [5.74, 6) is -1.69. The number of carbonyl (C=O) groups is 3. The van der Waals surface area contributed by atoms with E-state index in [0.717, 1.165) is 4.90 Å². The van der Waals surface area contributed by atoms with Gasteiger partial charge in [0.05, 0.1) is 11.4 Å². The van der Waals surface area contributed by atoms with Crippen molar-refractivity contribution in [2.75, 3.05) is 22.5 Å². The summed E-state index contributed by atoms with van der Waals surface area (Å²) in [6.45, 7) is 0.103. The van der Waals surface area contributed by atoms with Crippen molar-refractivity contribution in [3.63, 3.8) is 0 Å². The average Bonchev–Trinajstić information content (AvgIpc) is 3.00. The van der Waals surface area contributed by atoms with E-state index in [-0.39, 0.29) is 18.4 Å². The van der Waals surface area contributed by atoms with Crippen molar-refractivity contribution in [2.45, 2.75) is 10.8 Å². The molecular weight excluding hydrogens is 340 g/mol. The van der Waals surface area contributed by atoms with Crippen molar-refractivity contribution in [2.24, 2.45) is 0 Å². The van der Waals surface area contributed by atoms with Crippen LogP contribution in [0.3, 0.4) is 0 Å². The molecule has 126 valence electrons. The highest BCUT2D eigenvalue weighted by Crippen LogP contribution is 2.38. The third-order valence-electron chi connectivity index (χ3n) is 4.37. The first-order valence-electron chi connectivity index (χ1n) is 7.75. The molecule has 2 aromatic carbocycles. The van der Waals surface area contributed by atoms with Crippen LogP contribution in [0.25, 0.3) is 0 Å². The van der Waals surface area contributed by atoms with E-state index in [1.54, 1.807) is 36.4 Å². The summed E-state index contributed by atoms with van der Waals surface area (Å²) in [4.78, 5) is 38.4. The highest BCUT2D eigenvalue weighted by molar-refractivity contribution is 8.00. The molecule has 2 N–H and O–H groups in total. The summed E-state index contributed by atoms with van der Waals surface area (Å²) >= 11 is 1.43. The molecular formula is C18H14N2O4S. The maximum absolute atomic E-state index is 13.0. The Kier molecular flexibility index (Phi) is 3.73. The number of nitrogens with one attached hydrogen (secondary N) is 1. The number of hydrogen-bond acceptors (Lipinski definition) is 4. The molecule has 2 aromatic rings. The summed E-state index contributed by atoms with van der Waals surface area (Å²) in [5, 5.41) is 12.2. The van der Waals surface area contributed by atoms with Crippen molar-refractivity contribution in [1.29, 1.82) is 0 Å². The van der Waals surface area contributed by atoms with E-state index in [1.165, 1.54) is 16.7 Å². The Bertz CT molecular complexity index is 912. The lowest BCUT2D eigenvalue weighted by Crippen LogP contribution is -2.31. The number of benzene rings is 2. The summed E-state index contributed by atoms with van der Waals surface area (Å²) in [5.41, 5.74) is 2.30. The fourth-order valence-corrected chi connectivity index (χ4v) is 3.97. The van der Waals surface area contributed by atoms with Gasteiger partial charge in [-0.1, -0.05) is 18.2 Å². The summed E-state index contributed by atoms with van der Waals surface area (Å²) in [6, 6.07) is 12.2. The van der Waals surface area contributed by atoms with Crippen LogP contribution in [-0.4, -0.2) is 35.2 Å². The molecule has 0 saturated heterocycles. The third-order valence-corrected chi connectivity index (χ3v) is 5.44. The summed E-state index contributed by atoms with van der Waals surface area (Å²) in [6.07, 6.45) is 0. The zero-order chi connectivity index (χ0) is 17.6. The quantitative estimate of drug-likeness (QED) is 0.866. The minimum absolute atomic E-state index is 0.0976. The predicted molar refractivity (Wildman–Crippen MR) is 94.3 cm³/mol. The maximum Gasteiger partial charge on any atom is 0.312 e. The Labute approximate surface area is 147 Å². The minimum atomic E-state index is -0.947. The number of anilines is 2. The lowest BCUT2D eigenvalue weighted by Gasteiger charge is -2.20. The second-order valence-corrected chi connectivity index (χ2v) is 6.93. The molecule has 0 unspecified atom stereocenters. The largest absolute Gasteiger partial charge is 0.481 e. The van der Waals surface area contributed by atoms with Gasteiger partial charge in [0.2, 0.25) is 5.91 Å². The second kappa shape index (κ2) is 5.93. The average molecular weight is 354 g/mol. The Morgan fingerprint density at radius 2 is 2.00 bits per heavy atom. The van der Waals surface area contributed by atoms with Gasteiger partial charge in [0, 0.05) is 22.7 Å². The smallest absolute Gasteiger partial charge is 0.312 e. The molecule has 2 amide bonds. The third kappa shape index (κ3) is 2.66. The fourth-order valence-electron chi connectivity index (χ4n) is 3.18. The number of aliphatic carboxylic acids is 1. The van der Waals surface area contributed by atoms with Gasteiger partial charge in [-0.15, -0.1) is 11.8 Å². The van der Waals surface area contributed by atoms with Crippen LogP contribution < -0.4 is 10.2 Å². The van der Waals surface area contributed by atoms with E-state index >= 15 is 0 Å². The molecule has 0 bridgehead atoms. The Morgan fingerprint density at radius 1 is 1.20 bits per heavy atom. The number of thioether (sulfide) groups is 1. The number of rotatable bonds is 2. The zero-order valence-corrected chi connectivity index (χ0v) is 13.9. The van der Waals surface area contributed by atoms with E-state index in [2.05, 4.69) is 5.32 Å². The lowest BCUT2D eigenvalue weighted by atomic mass is 10.0. The van der Waals surface area contributed by atoms with Gasteiger partial charge in [-0.2, -0.15) is 0 Å². The van der Waals surface area contributed by atoms with Crippen LogP contribution >= 0.6 is 11.8 Å². The minimum Gasteiger partial charge on any atom is -0.481 e. The number of hydrogen-bond donors (Lipinski definition) is 2. The summed E-state index contributed by atoms with van der Waals surface area (Å²) in [7, 11) is 0. The Balaban J connectivity index is 1.69. The predicted octanol–water partition coefficient (Wildman–Crippen LogP) is 2.56. The zero-order valence-electron chi connectivity index (χ0n) is 13.1. The van der Waals surface area contributed by atoms with E-state index < -0.39 is 11.9 Å². The highest BCUT2D eigenvalue weighted by Gasteiger charge is 2.36. The van der Waals surface area contributed by atoms with Crippen LogP contribution in [0.4, 0.5) is 11.4 Å². The van der Waals surface area contributed by atoms with E-state index in [4.69, 9.17) is 0 Å². The van der Waals surface area contributed by atoms with Gasteiger partial charge in [0.1, 0.15) is 5.92 Å². The van der Waals surface area contributed by atoms with E-state index in [0.29, 0.717) is 28.3 Å². The van der Waals surface area contributed by atoms with Gasteiger partial charge >= 0.3 is 5.97 Å². The molecule has 6 nitrogen and oxygen atoms in total. The van der Waals surface area contributed by atoms with Crippen molar-refractivity contribution in [3.05, 3.63) is 53.6 Å². The van der Waals surface area contributed by atoms with Crippen molar-refractivity contribution in [3.8, 4) is 0 Å². The molecule has 0 saturated carbocycles. The first kappa shape index (κ1) is 15.7. The van der Waals surface area contributed by atoms with Gasteiger partial charge in [0.25, 0.3) is 5.91 Å². The van der Waals surface area contributed by atoms with Gasteiger partial charge in [-0.05, 0) is 29.8 Å². The maximum atomic E-state index is 13.0. The molecule has 1 atom stereocenters. The van der Waals surface area contributed by atoms with Crippen LogP contribution in [0.15, 0.2) is 47.4 Å². The number of fused-ring (bicyclic) bond motifs is 2. The van der Waals surface area contributed by atoms with Crippen molar-refractivity contribution in [1.82, 2.24) is 0 Å². The van der Waals surface area contributed by atoms with Gasteiger partial charge < -0.3 is 15.3 Å². The van der Waals surface area contributed by atoms with Crippen molar-refractivity contribution < 1.29 is 19.5 Å². The van der Waals surface area contributed by atoms with Crippen LogP contribution in [0.5, 0.6) is 0 Å². The molecule has 2 aliphatic heterocycles. The fraction of sp³-hybridized carbons (Fsp3) is 0.167. The molecule has 2 heterocycles. The number of carboxylic acids is 1. The molecule has 0 fully saturated rings. The first-order chi connectivity index (χ1) is 12.0. The van der Waals surface area contributed by atoms with Gasteiger partial charge in [-0.25, -0.2) is 0 Å². The van der Waals surface area contributed by atoms with Crippen LogP contribution in [-0.2, 0) is 9.59 Å². The molecule has 25 heavy (non-hydrogen) atoms. The van der Waals surface area contributed by atoms with Crippen LogP contribution in [0.1, 0.15) is 21.8 Å². The lowest BCUT2D eigenvalue weighted by molar-refractivity contribution is -0.138. The van der Waals surface area contributed by atoms with Crippen LogP contribution in [0.2, 0.25) is 0 Å².